The Bertz CT molecular complexity index is 1240. The van der Waals surface area contributed by atoms with Crippen molar-refractivity contribution in [3.8, 4) is 5.69 Å². The van der Waals surface area contributed by atoms with Crippen molar-refractivity contribution in [2.45, 2.75) is 27.0 Å². The summed E-state index contributed by atoms with van der Waals surface area (Å²) >= 11 is 0. The molecule has 0 fully saturated rings. The zero-order valence-electron chi connectivity index (χ0n) is 16.2. The van der Waals surface area contributed by atoms with Crippen molar-refractivity contribution in [1.29, 1.82) is 0 Å². The third-order valence-corrected chi connectivity index (χ3v) is 4.68. The number of esters is 1. The van der Waals surface area contributed by atoms with Crippen molar-refractivity contribution in [1.82, 2.24) is 19.3 Å². The Morgan fingerprint density at radius 1 is 1.10 bits per heavy atom. The molecular formula is C22H20N4O3. The molecule has 0 N–H and O–H groups in total. The molecule has 2 aromatic heterocycles. The molecular weight excluding hydrogens is 368 g/mol. The fraction of sp³-hybridized carbons (Fsp3) is 0.182. The van der Waals surface area contributed by atoms with Gasteiger partial charge in [0.05, 0.1) is 11.9 Å². The summed E-state index contributed by atoms with van der Waals surface area (Å²) in [6.07, 6.45) is 2.84. The molecule has 7 heteroatoms. The zero-order chi connectivity index (χ0) is 20.4. The SMILES string of the molecule is Cc1ccc(-n2ncc3c(=O)n(CC(=O)OCc4ccccc4)cnc32)c(C)c1. The van der Waals surface area contributed by atoms with Gasteiger partial charge in [0.1, 0.15) is 24.9 Å². The maximum atomic E-state index is 12.8. The second-order valence-electron chi connectivity index (χ2n) is 6.91. The normalized spacial score (nSPS) is 11.0. The van der Waals surface area contributed by atoms with Crippen LogP contribution in [0.3, 0.4) is 0 Å². The Morgan fingerprint density at radius 3 is 2.66 bits per heavy atom. The van der Waals surface area contributed by atoms with Crippen molar-refractivity contribution in [3.63, 3.8) is 0 Å². The minimum atomic E-state index is -0.501. The van der Waals surface area contributed by atoms with E-state index in [1.54, 1.807) is 4.68 Å². The molecule has 0 aliphatic carbocycles. The lowest BCUT2D eigenvalue weighted by Gasteiger charge is -2.09. The van der Waals surface area contributed by atoms with Crippen LogP contribution in [-0.4, -0.2) is 25.3 Å². The number of aryl methyl sites for hydroxylation is 2. The van der Waals surface area contributed by atoms with Crippen LogP contribution in [0, 0.1) is 13.8 Å². The maximum Gasteiger partial charge on any atom is 0.326 e. The molecule has 0 aliphatic heterocycles. The first-order valence-electron chi connectivity index (χ1n) is 9.23. The number of carbonyl (C=O) groups excluding carboxylic acids is 1. The number of hydrogen-bond acceptors (Lipinski definition) is 5. The van der Waals surface area contributed by atoms with Crippen LogP contribution in [0.25, 0.3) is 16.7 Å². The smallest absolute Gasteiger partial charge is 0.326 e. The van der Waals surface area contributed by atoms with Crippen LogP contribution in [-0.2, 0) is 22.7 Å². The van der Waals surface area contributed by atoms with Crippen LogP contribution < -0.4 is 5.56 Å². The van der Waals surface area contributed by atoms with Gasteiger partial charge in [0.2, 0.25) is 0 Å². The van der Waals surface area contributed by atoms with Crippen LogP contribution in [0.2, 0.25) is 0 Å². The quantitative estimate of drug-likeness (QED) is 0.491. The molecule has 0 bridgehead atoms. The Morgan fingerprint density at radius 2 is 1.90 bits per heavy atom. The second-order valence-corrected chi connectivity index (χ2v) is 6.91. The highest BCUT2D eigenvalue weighted by Gasteiger charge is 2.15. The lowest BCUT2D eigenvalue weighted by molar-refractivity contribution is -0.145. The van der Waals surface area contributed by atoms with E-state index in [4.69, 9.17) is 4.74 Å². The molecule has 29 heavy (non-hydrogen) atoms. The first kappa shape index (κ1) is 18.6. The number of ether oxygens (including phenoxy) is 1. The monoisotopic (exact) mass is 388 g/mol. The lowest BCUT2D eigenvalue weighted by atomic mass is 10.1. The van der Waals surface area contributed by atoms with E-state index >= 15 is 0 Å². The molecule has 0 unspecified atom stereocenters. The summed E-state index contributed by atoms with van der Waals surface area (Å²) < 4.78 is 8.14. The predicted molar refractivity (Wildman–Crippen MR) is 109 cm³/mol. The van der Waals surface area contributed by atoms with Crippen LogP contribution >= 0.6 is 0 Å². The third kappa shape index (κ3) is 3.80. The van der Waals surface area contributed by atoms with Crippen molar-refractivity contribution in [2.75, 3.05) is 0 Å². The van der Waals surface area contributed by atoms with Gasteiger partial charge in [-0.3, -0.25) is 14.2 Å². The highest BCUT2D eigenvalue weighted by Crippen LogP contribution is 2.18. The molecule has 0 atom stereocenters. The molecule has 2 aromatic carbocycles. The summed E-state index contributed by atoms with van der Waals surface area (Å²) in [6.45, 7) is 3.96. The van der Waals surface area contributed by atoms with Crippen molar-refractivity contribution >= 4 is 17.0 Å². The minimum absolute atomic E-state index is 0.161. The topological polar surface area (TPSA) is 79.0 Å². The molecule has 0 saturated carbocycles. The number of carbonyl (C=O) groups is 1. The molecule has 0 aliphatic rings. The average molecular weight is 388 g/mol. The Kier molecular flexibility index (Phi) is 4.95. The van der Waals surface area contributed by atoms with Gasteiger partial charge in [-0.05, 0) is 31.0 Å². The zero-order valence-corrected chi connectivity index (χ0v) is 16.2. The van der Waals surface area contributed by atoms with Gasteiger partial charge in [0.15, 0.2) is 5.65 Å². The van der Waals surface area contributed by atoms with Crippen LogP contribution in [0.1, 0.15) is 16.7 Å². The number of nitrogens with zero attached hydrogens (tertiary/aromatic N) is 4. The van der Waals surface area contributed by atoms with Gasteiger partial charge >= 0.3 is 5.97 Å². The first-order chi connectivity index (χ1) is 14.0. The van der Waals surface area contributed by atoms with Gasteiger partial charge in [0, 0.05) is 0 Å². The largest absolute Gasteiger partial charge is 0.459 e. The van der Waals surface area contributed by atoms with Gasteiger partial charge in [0.25, 0.3) is 5.56 Å². The van der Waals surface area contributed by atoms with Crippen LogP contribution in [0.5, 0.6) is 0 Å². The lowest BCUT2D eigenvalue weighted by Crippen LogP contribution is -2.25. The van der Waals surface area contributed by atoms with E-state index < -0.39 is 5.97 Å². The van der Waals surface area contributed by atoms with Gasteiger partial charge < -0.3 is 4.74 Å². The average Bonchev–Trinajstić information content (AvgIpc) is 3.14. The van der Waals surface area contributed by atoms with E-state index in [1.807, 2.05) is 62.4 Å². The van der Waals surface area contributed by atoms with Gasteiger partial charge in [-0.2, -0.15) is 5.10 Å². The van der Waals surface area contributed by atoms with Crippen molar-refractivity contribution in [3.05, 3.63) is 88.1 Å². The summed E-state index contributed by atoms with van der Waals surface area (Å²) in [5.41, 5.74) is 4.05. The fourth-order valence-electron chi connectivity index (χ4n) is 3.20. The number of aromatic nitrogens is 4. The van der Waals surface area contributed by atoms with Crippen LogP contribution in [0.4, 0.5) is 0 Å². The van der Waals surface area contributed by atoms with E-state index in [0.29, 0.717) is 11.0 Å². The highest BCUT2D eigenvalue weighted by atomic mass is 16.5. The minimum Gasteiger partial charge on any atom is -0.459 e. The molecule has 7 nitrogen and oxygen atoms in total. The standard InChI is InChI=1S/C22H20N4O3/c1-15-8-9-19(16(2)10-15)26-21-18(11-24-26)22(28)25(14-23-21)12-20(27)29-13-17-6-4-3-5-7-17/h3-11,14H,12-13H2,1-2H3. The molecule has 4 rings (SSSR count). The molecule has 0 saturated heterocycles. The van der Waals surface area contributed by atoms with E-state index in [0.717, 1.165) is 22.4 Å². The second kappa shape index (κ2) is 7.71. The van der Waals surface area contributed by atoms with Gasteiger partial charge in [-0.15, -0.1) is 0 Å². The number of fused-ring (bicyclic) bond motifs is 1. The number of hydrogen-bond donors (Lipinski definition) is 0. The molecule has 4 aromatic rings. The molecule has 2 heterocycles. The predicted octanol–water partition coefficient (Wildman–Crippen LogP) is 2.94. The molecule has 0 amide bonds. The molecule has 0 spiro atoms. The Labute approximate surface area is 167 Å². The van der Waals surface area contributed by atoms with E-state index in [1.165, 1.54) is 17.1 Å². The summed E-state index contributed by atoms with van der Waals surface area (Å²) in [7, 11) is 0. The Balaban J connectivity index is 1.57. The fourth-order valence-corrected chi connectivity index (χ4v) is 3.20. The van der Waals surface area contributed by atoms with E-state index in [-0.39, 0.29) is 18.7 Å². The highest BCUT2D eigenvalue weighted by molar-refractivity contribution is 5.76. The first-order valence-corrected chi connectivity index (χ1v) is 9.23. The van der Waals surface area contributed by atoms with Crippen molar-refractivity contribution < 1.29 is 9.53 Å². The van der Waals surface area contributed by atoms with E-state index in [2.05, 4.69) is 10.1 Å². The molecule has 0 radical (unpaired) electrons. The van der Waals surface area contributed by atoms with Crippen LogP contribution in [0.15, 0.2) is 65.8 Å². The number of benzene rings is 2. The van der Waals surface area contributed by atoms with Gasteiger partial charge in [-0.1, -0.05) is 48.0 Å². The summed E-state index contributed by atoms with van der Waals surface area (Å²) in [5.74, 6) is -0.501. The number of rotatable bonds is 5. The Hall–Kier alpha value is -3.74. The summed E-state index contributed by atoms with van der Waals surface area (Å²) in [6, 6.07) is 15.4. The van der Waals surface area contributed by atoms with E-state index in [9.17, 15) is 9.59 Å². The van der Waals surface area contributed by atoms with Gasteiger partial charge in [-0.25, -0.2) is 9.67 Å². The maximum absolute atomic E-state index is 12.8. The summed E-state index contributed by atoms with van der Waals surface area (Å²) in [4.78, 5) is 29.3. The molecule has 146 valence electrons. The summed E-state index contributed by atoms with van der Waals surface area (Å²) in [5, 5.41) is 4.69. The van der Waals surface area contributed by atoms with Crippen molar-refractivity contribution in [2.24, 2.45) is 0 Å². The third-order valence-electron chi connectivity index (χ3n) is 4.68.